The standard InChI is InChI=1S/C25H25BrCl2N2O3/c1-15(2)29-25(32)16(3)30(13-18-8-10-19(27)12-21(18)28)23(31)14-33-22-11-9-17-6-4-5-7-20(17)24(22)26/h4-12,15-16H,13-14H2,1-3H3,(H,29,32)/t16-/m0/s1. The molecule has 0 heterocycles. The van der Waals surface area contributed by atoms with Gasteiger partial charge in [0, 0.05) is 22.6 Å². The van der Waals surface area contributed by atoms with Gasteiger partial charge in [0.05, 0.1) is 4.47 Å². The quantitative estimate of drug-likeness (QED) is 0.361. The third-order valence-electron chi connectivity index (χ3n) is 5.13. The van der Waals surface area contributed by atoms with Crippen molar-refractivity contribution in [2.75, 3.05) is 6.61 Å². The minimum absolute atomic E-state index is 0.0548. The smallest absolute Gasteiger partial charge is 0.261 e. The highest BCUT2D eigenvalue weighted by molar-refractivity contribution is 9.10. The van der Waals surface area contributed by atoms with Crippen molar-refractivity contribution in [3.05, 3.63) is 74.7 Å². The van der Waals surface area contributed by atoms with E-state index in [1.807, 2.05) is 50.2 Å². The number of benzene rings is 3. The van der Waals surface area contributed by atoms with E-state index in [9.17, 15) is 9.59 Å². The first-order valence-electron chi connectivity index (χ1n) is 10.5. The van der Waals surface area contributed by atoms with Crippen molar-refractivity contribution >= 4 is 61.7 Å². The maximum Gasteiger partial charge on any atom is 0.261 e. The second-order valence-electron chi connectivity index (χ2n) is 7.98. The third-order valence-corrected chi connectivity index (χ3v) is 6.54. The number of fused-ring (bicyclic) bond motifs is 1. The average Bonchev–Trinajstić information content (AvgIpc) is 2.77. The molecule has 8 heteroatoms. The zero-order valence-corrected chi connectivity index (χ0v) is 21.7. The van der Waals surface area contributed by atoms with Crippen LogP contribution in [0.15, 0.2) is 59.1 Å². The summed E-state index contributed by atoms with van der Waals surface area (Å²) in [5.74, 6) is -0.0476. The number of carbonyl (C=O) groups excluding carboxylic acids is 2. The molecule has 0 aliphatic carbocycles. The molecule has 3 rings (SSSR count). The predicted octanol–water partition coefficient (Wildman–Crippen LogP) is 6.23. The van der Waals surface area contributed by atoms with Crippen molar-refractivity contribution in [3.63, 3.8) is 0 Å². The van der Waals surface area contributed by atoms with E-state index in [0.717, 1.165) is 15.2 Å². The molecule has 0 radical (unpaired) electrons. The maximum atomic E-state index is 13.2. The number of ether oxygens (including phenoxy) is 1. The summed E-state index contributed by atoms with van der Waals surface area (Å²) in [6.07, 6.45) is 0. The van der Waals surface area contributed by atoms with Crippen molar-refractivity contribution in [3.8, 4) is 5.75 Å². The van der Waals surface area contributed by atoms with Crippen LogP contribution in [-0.4, -0.2) is 35.4 Å². The fourth-order valence-electron chi connectivity index (χ4n) is 3.37. The fraction of sp³-hybridized carbons (Fsp3) is 0.280. The number of hydrogen-bond acceptors (Lipinski definition) is 3. The average molecular weight is 552 g/mol. The summed E-state index contributed by atoms with van der Waals surface area (Å²) in [5.41, 5.74) is 0.686. The fourth-order valence-corrected chi connectivity index (χ4v) is 4.44. The Morgan fingerprint density at radius 3 is 2.48 bits per heavy atom. The summed E-state index contributed by atoms with van der Waals surface area (Å²) in [4.78, 5) is 27.4. The van der Waals surface area contributed by atoms with Crippen molar-refractivity contribution in [2.45, 2.75) is 39.4 Å². The van der Waals surface area contributed by atoms with E-state index in [4.69, 9.17) is 27.9 Å². The number of carbonyl (C=O) groups is 2. The zero-order valence-electron chi connectivity index (χ0n) is 18.6. The first kappa shape index (κ1) is 25.3. The monoisotopic (exact) mass is 550 g/mol. The van der Waals surface area contributed by atoms with Gasteiger partial charge in [0.1, 0.15) is 11.8 Å². The summed E-state index contributed by atoms with van der Waals surface area (Å²) in [6, 6.07) is 15.9. The lowest BCUT2D eigenvalue weighted by Gasteiger charge is -2.29. The van der Waals surface area contributed by atoms with Crippen molar-refractivity contribution in [2.24, 2.45) is 0 Å². The summed E-state index contributed by atoms with van der Waals surface area (Å²) in [5, 5.41) is 5.82. The molecule has 1 N–H and O–H groups in total. The second kappa shape index (κ2) is 11.2. The van der Waals surface area contributed by atoms with Crippen molar-refractivity contribution < 1.29 is 14.3 Å². The molecule has 5 nitrogen and oxygen atoms in total. The number of amides is 2. The van der Waals surface area contributed by atoms with Crippen LogP contribution >= 0.6 is 39.1 Å². The molecular formula is C25H25BrCl2N2O3. The van der Waals surface area contributed by atoms with E-state index in [-0.39, 0.29) is 31.0 Å². The first-order chi connectivity index (χ1) is 15.7. The number of nitrogens with one attached hydrogen (secondary N) is 1. The van der Waals surface area contributed by atoms with Gasteiger partial charge in [0.15, 0.2) is 6.61 Å². The molecular weight excluding hydrogens is 527 g/mol. The lowest BCUT2D eigenvalue weighted by atomic mass is 10.1. The second-order valence-corrected chi connectivity index (χ2v) is 9.62. The molecule has 174 valence electrons. The van der Waals surface area contributed by atoms with Gasteiger partial charge in [-0.15, -0.1) is 0 Å². The van der Waals surface area contributed by atoms with Crippen LogP contribution in [0.25, 0.3) is 10.8 Å². The molecule has 2 amide bonds. The zero-order chi connectivity index (χ0) is 24.1. The van der Waals surface area contributed by atoms with Gasteiger partial charge in [0.2, 0.25) is 5.91 Å². The summed E-state index contributed by atoms with van der Waals surface area (Å²) in [6.45, 7) is 5.33. The Morgan fingerprint density at radius 2 is 1.79 bits per heavy atom. The molecule has 0 spiro atoms. The van der Waals surface area contributed by atoms with Crippen LogP contribution in [0.1, 0.15) is 26.3 Å². The number of hydrogen-bond donors (Lipinski definition) is 1. The van der Waals surface area contributed by atoms with E-state index in [0.29, 0.717) is 21.4 Å². The van der Waals surface area contributed by atoms with Crippen LogP contribution in [0.2, 0.25) is 10.0 Å². The lowest BCUT2D eigenvalue weighted by molar-refractivity contribution is -0.142. The molecule has 3 aromatic rings. The van der Waals surface area contributed by atoms with Crippen LogP contribution in [-0.2, 0) is 16.1 Å². The van der Waals surface area contributed by atoms with Crippen LogP contribution < -0.4 is 10.1 Å². The van der Waals surface area contributed by atoms with E-state index >= 15 is 0 Å². The number of rotatable bonds is 8. The minimum Gasteiger partial charge on any atom is -0.483 e. The molecule has 0 unspecified atom stereocenters. The summed E-state index contributed by atoms with van der Waals surface area (Å²) >= 11 is 15.9. The summed E-state index contributed by atoms with van der Waals surface area (Å²) < 4.78 is 6.63. The Bertz CT molecular complexity index is 1170. The molecule has 33 heavy (non-hydrogen) atoms. The summed E-state index contributed by atoms with van der Waals surface area (Å²) in [7, 11) is 0. The van der Waals surface area contributed by atoms with Gasteiger partial charge in [-0.2, -0.15) is 0 Å². The van der Waals surface area contributed by atoms with Crippen molar-refractivity contribution in [1.29, 1.82) is 0 Å². The third kappa shape index (κ3) is 6.40. The Balaban J connectivity index is 1.82. The molecule has 3 aromatic carbocycles. The normalized spacial score (nSPS) is 12.0. The van der Waals surface area contributed by atoms with Gasteiger partial charge in [0.25, 0.3) is 5.91 Å². The minimum atomic E-state index is -0.727. The molecule has 0 saturated heterocycles. The van der Waals surface area contributed by atoms with Gasteiger partial charge in [-0.3, -0.25) is 9.59 Å². The Hall–Kier alpha value is -2.28. The molecule has 0 aliphatic rings. The van der Waals surface area contributed by atoms with E-state index in [1.165, 1.54) is 4.90 Å². The topological polar surface area (TPSA) is 58.6 Å². The largest absolute Gasteiger partial charge is 0.483 e. The van der Waals surface area contributed by atoms with Gasteiger partial charge in [-0.05, 0) is 71.2 Å². The van der Waals surface area contributed by atoms with E-state index < -0.39 is 6.04 Å². The highest BCUT2D eigenvalue weighted by atomic mass is 79.9. The molecule has 1 atom stereocenters. The van der Waals surface area contributed by atoms with Gasteiger partial charge < -0.3 is 15.0 Å². The highest BCUT2D eigenvalue weighted by Gasteiger charge is 2.27. The van der Waals surface area contributed by atoms with Crippen molar-refractivity contribution in [1.82, 2.24) is 10.2 Å². The maximum absolute atomic E-state index is 13.2. The number of halogens is 3. The van der Waals surface area contributed by atoms with Crippen LogP contribution in [0.4, 0.5) is 0 Å². The van der Waals surface area contributed by atoms with E-state index in [2.05, 4.69) is 21.2 Å². The Labute approximate surface area is 212 Å². The van der Waals surface area contributed by atoms with E-state index in [1.54, 1.807) is 25.1 Å². The predicted molar refractivity (Wildman–Crippen MR) is 137 cm³/mol. The molecule has 0 bridgehead atoms. The number of nitrogens with zero attached hydrogens (tertiary/aromatic N) is 1. The SMILES string of the molecule is CC(C)NC(=O)[C@H](C)N(Cc1ccc(Cl)cc1Cl)C(=O)COc1ccc2ccccc2c1Br. The molecule has 0 aliphatic heterocycles. The highest BCUT2D eigenvalue weighted by Crippen LogP contribution is 2.33. The lowest BCUT2D eigenvalue weighted by Crippen LogP contribution is -2.50. The Kier molecular flexibility index (Phi) is 8.63. The van der Waals surface area contributed by atoms with Crippen LogP contribution in [0, 0.1) is 0 Å². The Morgan fingerprint density at radius 1 is 1.06 bits per heavy atom. The first-order valence-corrected chi connectivity index (χ1v) is 12.1. The van der Waals surface area contributed by atoms with Crippen LogP contribution in [0.3, 0.4) is 0 Å². The van der Waals surface area contributed by atoms with Gasteiger partial charge in [-0.1, -0.05) is 59.6 Å². The van der Waals surface area contributed by atoms with Gasteiger partial charge >= 0.3 is 0 Å². The molecule has 0 aromatic heterocycles. The van der Waals surface area contributed by atoms with Gasteiger partial charge in [-0.25, -0.2) is 0 Å². The van der Waals surface area contributed by atoms with Crippen LogP contribution in [0.5, 0.6) is 5.75 Å². The molecule has 0 fully saturated rings. The molecule has 0 saturated carbocycles.